The summed E-state index contributed by atoms with van der Waals surface area (Å²) in [6.45, 7) is 5.29. The van der Waals surface area contributed by atoms with Gasteiger partial charge in [0.2, 0.25) is 0 Å². The Hall–Kier alpha value is -1.59. The Morgan fingerprint density at radius 2 is 1.91 bits per heavy atom. The first-order valence-electron chi connectivity index (χ1n) is 7.73. The fraction of sp³-hybridized carbons (Fsp3) is 0.812. The number of fused-ring (bicyclic) bond motifs is 1. The van der Waals surface area contributed by atoms with Crippen molar-refractivity contribution in [2.45, 2.75) is 64.6 Å². The standard InChI is InChI=1S/C16H22O6/c1-14(2,3)13(20)22-16-5-9-4-15(8-16,12(18)19)6-10(7-16)21-11(9)17/h9-10H,4-8H2,1-3H3,(H,18,19). The fourth-order valence-electron chi connectivity index (χ4n) is 4.22. The van der Waals surface area contributed by atoms with Gasteiger partial charge in [-0.05, 0) is 27.2 Å². The van der Waals surface area contributed by atoms with Gasteiger partial charge in [0.15, 0.2) is 0 Å². The summed E-state index contributed by atoms with van der Waals surface area (Å²) in [6.07, 6.45) is 1.19. The van der Waals surface area contributed by atoms with Crippen molar-refractivity contribution in [2.24, 2.45) is 16.7 Å². The molecule has 4 fully saturated rings. The summed E-state index contributed by atoms with van der Waals surface area (Å²) in [5.41, 5.74) is -2.57. The van der Waals surface area contributed by atoms with Crippen LogP contribution in [0.25, 0.3) is 0 Å². The van der Waals surface area contributed by atoms with E-state index in [2.05, 4.69) is 0 Å². The Morgan fingerprint density at radius 1 is 1.23 bits per heavy atom. The molecule has 6 nitrogen and oxygen atoms in total. The second-order valence-corrected chi connectivity index (χ2v) is 8.16. The molecule has 122 valence electrons. The number of carbonyl (C=O) groups is 3. The van der Waals surface area contributed by atoms with E-state index < -0.39 is 34.4 Å². The van der Waals surface area contributed by atoms with Gasteiger partial charge in [0.05, 0.1) is 16.7 Å². The summed E-state index contributed by atoms with van der Waals surface area (Å²) in [4.78, 5) is 36.2. The lowest BCUT2D eigenvalue weighted by Gasteiger charge is -2.50. The van der Waals surface area contributed by atoms with Crippen LogP contribution < -0.4 is 0 Å². The largest absolute Gasteiger partial charge is 0.481 e. The van der Waals surface area contributed by atoms with Gasteiger partial charge >= 0.3 is 17.9 Å². The normalized spacial score (nSPS) is 40.0. The van der Waals surface area contributed by atoms with Crippen LogP contribution in [0.5, 0.6) is 0 Å². The van der Waals surface area contributed by atoms with Crippen molar-refractivity contribution in [3.63, 3.8) is 0 Å². The molecule has 2 heterocycles. The molecule has 0 aromatic rings. The third kappa shape index (κ3) is 2.29. The van der Waals surface area contributed by atoms with Crippen molar-refractivity contribution in [2.75, 3.05) is 0 Å². The van der Waals surface area contributed by atoms with Crippen LogP contribution >= 0.6 is 0 Å². The maximum atomic E-state index is 12.3. The Balaban J connectivity index is 1.97. The average Bonchev–Trinajstić information content (AvgIpc) is 2.49. The smallest absolute Gasteiger partial charge is 0.311 e. The molecule has 0 aromatic carbocycles. The summed E-state index contributed by atoms with van der Waals surface area (Å²) >= 11 is 0. The molecule has 0 radical (unpaired) electrons. The maximum Gasteiger partial charge on any atom is 0.311 e. The Kier molecular flexibility index (Phi) is 3.10. The molecular weight excluding hydrogens is 288 g/mol. The molecule has 6 heteroatoms. The Labute approximate surface area is 129 Å². The predicted molar refractivity (Wildman–Crippen MR) is 74.8 cm³/mol. The first kappa shape index (κ1) is 15.3. The molecule has 2 aliphatic carbocycles. The van der Waals surface area contributed by atoms with Gasteiger partial charge in [-0.3, -0.25) is 14.4 Å². The fourth-order valence-corrected chi connectivity index (χ4v) is 4.22. The van der Waals surface area contributed by atoms with E-state index in [4.69, 9.17) is 9.47 Å². The molecule has 4 atom stereocenters. The topological polar surface area (TPSA) is 89.9 Å². The van der Waals surface area contributed by atoms with Gasteiger partial charge in [-0.2, -0.15) is 0 Å². The first-order chi connectivity index (χ1) is 10.1. The molecule has 2 saturated carbocycles. The minimum Gasteiger partial charge on any atom is -0.481 e. The van der Waals surface area contributed by atoms with Gasteiger partial charge in [-0.25, -0.2) is 0 Å². The maximum absolute atomic E-state index is 12.3. The van der Waals surface area contributed by atoms with Crippen LogP contribution in [0.15, 0.2) is 0 Å². The molecule has 4 bridgehead atoms. The highest BCUT2D eigenvalue weighted by Gasteiger charge is 2.64. The molecule has 4 unspecified atom stereocenters. The minimum absolute atomic E-state index is 0.279. The quantitative estimate of drug-likeness (QED) is 0.784. The van der Waals surface area contributed by atoms with Crippen molar-refractivity contribution in [3.05, 3.63) is 0 Å². The second kappa shape index (κ2) is 4.46. The van der Waals surface area contributed by atoms with E-state index in [0.717, 1.165) is 0 Å². The number of esters is 2. The Bertz CT molecular complexity index is 547. The molecule has 0 amide bonds. The van der Waals surface area contributed by atoms with E-state index in [1.807, 2.05) is 0 Å². The highest BCUT2D eigenvalue weighted by atomic mass is 16.6. The minimum atomic E-state index is -1.02. The number of carboxylic acid groups (broad SMARTS) is 1. The van der Waals surface area contributed by atoms with E-state index in [9.17, 15) is 19.5 Å². The van der Waals surface area contributed by atoms with E-state index in [1.54, 1.807) is 20.8 Å². The molecular formula is C16H22O6. The first-order valence-corrected chi connectivity index (χ1v) is 7.73. The third-order valence-electron chi connectivity index (χ3n) is 5.13. The zero-order valence-corrected chi connectivity index (χ0v) is 13.2. The van der Waals surface area contributed by atoms with Crippen LogP contribution in [0.2, 0.25) is 0 Å². The molecule has 1 N–H and O–H groups in total. The highest BCUT2D eigenvalue weighted by molar-refractivity contribution is 5.81. The van der Waals surface area contributed by atoms with Crippen LogP contribution in [0.3, 0.4) is 0 Å². The summed E-state index contributed by atoms with van der Waals surface area (Å²) < 4.78 is 11.2. The monoisotopic (exact) mass is 310 g/mol. The zero-order chi connectivity index (χ0) is 16.3. The van der Waals surface area contributed by atoms with Crippen molar-refractivity contribution in [1.82, 2.24) is 0 Å². The van der Waals surface area contributed by atoms with E-state index >= 15 is 0 Å². The lowest BCUT2D eigenvalue weighted by Crippen LogP contribution is -2.56. The molecule has 0 aromatic heterocycles. The van der Waals surface area contributed by atoms with Gasteiger partial charge in [0.25, 0.3) is 0 Å². The number of carboxylic acids is 1. The van der Waals surface area contributed by atoms with Crippen LogP contribution in [0.4, 0.5) is 0 Å². The van der Waals surface area contributed by atoms with Gasteiger partial charge in [-0.15, -0.1) is 0 Å². The highest BCUT2D eigenvalue weighted by Crippen LogP contribution is 2.58. The predicted octanol–water partition coefficient (Wildman–Crippen LogP) is 1.90. The second-order valence-electron chi connectivity index (χ2n) is 8.16. The molecule has 4 rings (SSSR count). The summed E-state index contributed by atoms with van der Waals surface area (Å²) in [5.74, 6) is -2.12. The van der Waals surface area contributed by atoms with Crippen LogP contribution in [-0.4, -0.2) is 34.7 Å². The van der Waals surface area contributed by atoms with Crippen molar-refractivity contribution >= 4 is 17.9 Å². The van der Waals surface area contributed by atoms with Crippen molar-refractivity contribution in [3.8, 4) is 0 Å². The molecule has 22 heavy (non-hydrogen) atoms. The third-order valence-corrected chi connectivity index (χ3v) is 5.13. The van der Waals surface area contributed by atoms with Gasteiger partial charge in [0, 0.05) is 25.7 Å². The number of carbonyl (C=O) groups excluding carboxylic acids is 2. The summed E-state index contributed by atoms with van der Waals surface area (Å²) in [5, 5.41) is 9.69. The molecule has 4 aliphatic rings. The average molecular weight is 310 g/mol. The van der Waals surface area contributed by atoms with Gasteiger partial charge < -0.3 is 14.6 Å². The summed E-state index contributed by atoms with van der Waals surface area (Å²) in [7, 11) is 0. The Morgan fingerprint density at radius 3 is 2.50 bits per heavy atom. The molecule has 2 aliphatic heterocycles. The van der Waals surface area contributed by atoms with Gasteiger partial charge in [0.1, 0.15) is 11.7 Å². The van der Waals surface area contributed by atoms with E-state index in [-0.39, 0.29) is 24.8 Å². The number of rotatable bonds is 2. The SMILES string of the molecule is CC(C)(C)C(=O)OC12CC3CC(C(=O)O)(CC(C1)C(=O)O3)C2. The van der Waals surface area contributed by atoms with Crippen molar-refractivity contribution in [1.29, 1.82) is 0 Å². The number of ether oxygens (including phenoxy) is 2. The molecule has 0 spiro atoms. The van der Waals surface area contributed by atoms with E-state index in [1.165, 1.54) is 0 Å². The number of hydrogen-bond acceptors (Lipinski definition) is 5. The van der Waals surface area contributed by atoms with E-state index in [0.29, 0.717) is 19.3 Å². The van der Waals surface area contributed by atoms with Crippen molar-refractivity contribution < 1.29 is 29.0 Å². The number of hydrogen-bond donors (Lipinski definition) is 1. The van der Waals surface area contributed by atoms with Crippen LogP contribution in [-0.2, 0) is 23.9 Å². The van der Waals surface area contributed by atoms with Crippen LogP contribution in [0, 0.1) is 16.7 Å². The molecule has 2 saturated heterocycles. The lowest BCUT2D eigenvalue weighted by molar-refractivity contribution is -0.198. The lowest BCUT2D eigenvalue weighted by atomic mass is 9.57. The zero-order valence-electron chi connectivity index (χ0n) is 13.2. The number of aliphatic carboxylic acids is 1. The van der Waals surface area contributed by atoms with Gasteiger partial charge in [-0.1, -0.05) is 0 Å². The summed E-state index contributed by atoms with van der Waals surface area (Å²) in [6, 6.07) is 0. The van der Waals surface area contributed by atoms with Crippen LogP contribution in [0.1, 0.15) is 52.9 Å².